The first-order valence-electron chi connectivity index (χ1n) is 5.69. The Hall–Kier alpha value is -0.950. The Morgan fingerprint density at radius 3 is 1.62 bits per heavy atom. The van der Waals surface area contributed by atoms with Gasteiger partial charge >= 0.3 is 10.4 Å². The molecule has 0 heterocycles. The van der Waals surface area contributed by atoms with Crippen LogP contribution in [-0.4, -0.2) is 48.2 Å². The van der Waals surface area contributed by atoms with Crippen LogP contribution in [0.5, 0.6) is 0 Å². The van der Waals surface area contributed by atoms with Gasteiger partial charge in [-0.25, -0.2) is 4.99 Å². The van der Waals surface area contributed by atoms with Crippen molar-refractivity contribution < 1.29 is 30.5 Å². The topological polar surface area (TPSA) is 193 Å². The summed E-state index contributed by atoms with van der Waals surface area (Å²) in [4.78, 5) is 4.03. The van der Waals surface area contributed by atoms with Gasteiger partial charge in [0.15, 0.2) is 5.96 Å². The molecule has 0 saturated heterocycles. The van der Waals surface area contributed by atoms with Crippen molar-refractivity contribution in [1.82, 2.24) is 0 Å². The van der Waals surface area contributed by atoms with Crippen molar-refractivity contribution in [3.05, 3.63) is 0 Å². The van der Waals surface area contributed by atoms with Crippen LogP contribution >= 0.6 is 0 Å². The molecular weight excluding hydrogens is 326 g/mol. The molecule has 10 nitrogen and oxygen atoms in total. The Labute approximate surface area is 125 Å². The van der Waals surface area contributed by atoms with Crippen LogP contribution in [0.1, 0.15) is 27.7 Å². The van der Waals surface area contributed by atoms with Gasteiger partial charge in [0.2, 0.25) is 0 Å². The lowest BCUT2D eigenvalue weighted by atomic mass is 9.80. The van der Waals surface area contributed by atoms with E-state index < -0.39 is 25.9 Å². The van der Waals surface area contributed by atoms with E-state index in [0.29, 0.717) is 0 Å². The van der Waals surface area contributed by atoms with Crippen LogP contribution < -0.4 is 11.5 Å². The van der Waals surface area contributed by atoms with Gasteiger partial charge in [0, 0.05) is 5.41 Å². The van der Waals surface area contributed by atoms with Crippen LogP contribution in [-0.2, 0) is 20.5 Å². The third-order valence-electron chi connectivity index (χ3n) is 2.27. The van der Waals surface area contributed by atoms with Crippen LogP contribution in [0.15, 0.2) is 4.99 Å². The number of nitrogens with zero attached hydrogens (tertiary/aromatic N) is 1. The Bertz CT molecular complexity index is 540. The predicted molar refractivity (Wildman–Crippen MR) is 78.8 cm³/mol. The van der Waals surface area contributed by atoms with Gasteiger partial charge in [-0.3, -0.25) is 13.7 Å². The summed E-state index contributed by atoms with van der Waals surface area (Å²) in [5.41, 5.74) is 9.88. The number of rotatable bonds is 5. The van der Waals surface area contributed by atoms with Crippen LogP contribution in [0.2, 0.25) is 0 Å². The fraction of sp³-hybridized carbons (Fsp3) is 0.889. The summed E-state index contributed by atoms with van der Waals surface area (Å²) in [7, 11) is -8.71. The van der Waals surface area contributed by atoms with Crippen LogP contribution in [0, 0.1) is 11.3 Å². The van der Waals surface area contributed by atoms with Gasteiger partial charge in [-0.15, -0.1) is 0 Å². The molecule has 0 aliphatic rings. The zero-order valence-electron chi connectivity index (χ0n) is 12.3. The van der Waals surface area contributed by atoms with E-state index in [2.05, 4.69) is 4.99 Å². The second-order valence-corrected chi connectivity index (χ2v) is 7.75. The number of hydrogen-bond acceptors (Lipinski definition) is 5. The third kappa shape index (κ3) is 15.3. The molecule has 0 aromatic heterocycles. The smallest absolute Gasteiger partial charge is 0.370 e. The molecule has 128 valence electrons. The lowest BCUT2D eigenvalue weighted by Crippen LogP contribution is -2.40. The molecule has 0 saturated carbocycles. The fourth-order valence-electron chi connectivity index (χ4n) is 1.94. The van der Waals surface area contributed by atoms with Crippen molar-refractivity contribution >= 4 is 26.5 Å². The molecule has 21 heavy (non-hydrogen) atoms. The van der Waals surface area contributed by atoms with Crippen molar-refractivity contribution in [2.45, 2.75) is 33.7 Å². The summed E-state index contributed by atoms with van der Waals surface area (Å²) in [6.07, 6.45) is 0. The minimum absolute atomic E-state index is 0.0684. The number of hydrogen-bond donors (Lipinski definition) is 5. The standard InChI is InChI=1S/C9H21N3O3S.H2O4S/c1-6(2)7(12-8(10)11)9(3,4)5-16(13,14)15;1-5(2,3)4/h6-7H,5H2,1-4H3,(H4,10,11,12)(H,13,14,15);(H2,1,2,3,4). The third-order valence-corrected chi connectivity index (χ3v) is 3.38. The van der Waals surface area contributed by atoms with E-state index in [1.807, 2.05) is 13.8 Å². The molecular formula is C9H23N3O7S2. The van der Waals surface area contributed by atoms with Gasteiger partial charge < -0.3 is 11.5 Å². The average Bonchev–Trinajstić information content (AvgIpc) is 2.05. The molecule has 1 atom stereocenters. The van der Waals surface area contributed by atoms with Crippen LogP contribution in [0.25, 0.3) is 0 Å². The summed E-state index contributed by atoms with van der Waals surface area (Å²) in [5, 5.41) is 0. The van der Waals surface area contributed by atoms with E-state index in [-0.39, 0.29) is 23.7 Å². The maximum Gasteiger partial charge on any atom is 0.394 e. The van der Waals surface area contributed by atoms with Crippen LogP contribution in [0.4, 0.5) is 0 Å². The lowest BCUT2D eigenvalue weighted by molar-refractivity contribution is 0.259. The van der Waals surface area contributed by atoms with Crippen molar-refractivity contribution in [3.63, 3.8) is 0 Å². The second kappa shape index (κ2) is 7.89. The van der Waals surface area contributed by atoms with Gasteiger partial charge in [-0.2, -0.15) is 16.8 Å². The second-order valence-electron chi connectivity index (χ2n) is 5.41. The Morgan fingerprint density at radius 2 is 1.43 bits per heavy atom. The zero-order valence-corrected chi connectivity index (χ0v) is 13.9. The summed E-state index contributed by atoms with van der Waals surface area (Å²) < 4.78 is 62.3. The number of nitrogens with two attached hydrogens (primary N) is 2. The molecule has 0 amide bonds. The summed E-state index contributed by atoms with van der Waals surface area (Å²) in [5.74, 6) is -0.388. The quantitative estimate of drug-likeness (QED) is 0.248. The van der Waals surface area contributed by atoms with Crippen molar-refractivity contribution in [2.75, 3.05) is 5.75 Å². The normalized spacial score (nSPS) is 14.1. The Kier molecular flexibility index (Phi) is 8.39. The molecule has 0 rings (SSSR count). The first-order chi connectivity index (χ1) is 8.96. The monoisotopic (exact) mass is 349 g/mol. The van der Waals surface area contributed by atoms with Gasteiger partial charge in [0.25, 0.3) is 10.1 Å². The average molecular weight is 349 g/mol. The Balaban J connectivity index is 0. The molecule has 12 heteroatoms. The highest BCUT2D eigenvalue weighted by Gasteiger charge is 2.35. The summed E-state index contributed by atoms with van der Waals surface area (Å²) >= 11 is 0. The molecule has 7 N–H and O–H groups in total. The molecule has 0 spiro atoms. The predicted octanol–water partition coefficient (Wildman–Crippen LogP) is -0.454. The number of aliphatic imine (C=N–C) groups is 1. The minimum Gasteiger partial charge on any atom is -0.370 e. The highest BCUT2D eigenvalue weighted by atomic mass is 32.3. The zero-order chi connectivity index (χ0) is 17.6. The molecule has 1 unspecified atom stereocenters. The van der Waals surface area contributed by atoms with Crippen molar-refractivity contribution in [2.24, 2.45) is 27.8 Å². The van der Waals surface area contributed by atoms with Crippen molar-refractivity contribution in [1.29, 1.82) is 0 Å². The lowest BCUT2D eigenvalue weighted by Gasteiger charge is -2.33. The highest BCUT2D eigenvalue weighted by Crippen LogP contribution is 2.30. The minimum atomic E-state index is -4.67. The van der Waals surface area contributed by atoms with E-state index in [0.717, 1.165) is 0 Å². The van der Waals surface area contributed by atoms with Gasteiger partial charge in [0.1, 0.15) is 0 Å². The van der Waals surface area contributed by atoms with E-state index in [1.165, 1.54) is 0 Å². The Morgan fingerprint density at radius 1 is 1.10 bits per heavy atom. The first kappa shape index (κ1) is 22.3. The molecule has 0 aliphatic carbocycles. The molecule has 0 aromatic rings. The van der Waals surface area contributed by atoms with E-state index in [1.54, 1.807) is 13.8 Å². The van der Waals surface area contributed by atoms with Crippen molar-refractivity contribution in [3.8, 4) is 0 Å². The fourth-order valence-corrected chi connectivity index (χ4v) is 3.05. The number of guanidine groups is 1. The van der Waals surface area contributed by atoms with E-state index >= 15 is 0 Å². The SMILES string of the molecule is CC(C)C(N=C(N)N)C(C)(C)CS(=O)(=O)O.O=S(=O)(O)O. The molecule has 0 bridgehead atoms. The van der Waals surface area contributed by atoms with E-state index in [9.17, 15) is 8.42 Å². The maximum atomic E-state index is 10.9. The van der Waals surface area contributed by atoms with Gasteiger partial charge in [-0.05, 0) is 5.92 Å². The van der Waals surface area contributed by atoms with Gasteiger partial charge in [-0.1, -0.05) is 27.7 Å². The highest BCUT2D eigenvalue weighted by molar-refractivity contribution is 7.85. The molecule has 0 fully saturated rings. The maximum absolute atomic E-state index is 10.9. The van der Waals surface area contributed by atoms with Gasteiger partial charge in [0.05, 0.1) is 11.8 Å². The summed E-state index contributed by atoms with van der Waals surface area (Å²) in [6.45, 7) is 7.20. The largest absolute Gasteiger partial charge is 0.394 e. The van der Waals surface area contributed by atoms with E-state index in [4.69, 9.17) is 33.5 Å². The molecule has 0 radical (unpaired) electrons. The molecule has 0 aromatic carbocycles. The van der Waals surface area contributed by atoms with Crippen LogP contribution in [0.3, 0.4) is 0 Å². The molecule has 0 aliphatic heterocycles. The first-order valence-corrected chi connectivity index (χ1v) is 8.70. The summed E-state index contributed by atoms with van der Waals surface area (Å²) in [6, 6.07) is -0.362.